The van der Waals surface area contributed by atoms with Gasteiger partial charge in [0.05, 0.1) is 7.11 Å². The van der Waals surface area contributed by atoms with Crippen LogP contribution >= 0.6 is 11.5 Å². The fourth-order valence-corrected chi connectivity index (χ4v) is 3.75. The quantitative estimate of drug-likeness (QED) is 0.376. The number of methoxy groups -OCH3 is 1. The van der Waals surface area contributed by atoms with Gasteiger partial charge < -0.3 is 14.8 Å². The van der Waals surface area contributed by atoms with Gasteiger partial charge in [-0.25, -0.2) is 4.39 Å². The summed E-state index contributed by atoms with van der Waals surface area (Å²) >= 11 is 1.11. The molecule has 0 atom stereocenters. The van der Waals surface area contributed by atoms with E-state index in [2.05, 4.69) is 14.7 Å². The molecule has 0 radical (unpaired) electrons. The van der Waals surface area contributed by atoms with Crippen molar-refractivity contribution in [3.8, 4) is 16.7 Å². The maximum absolute atomic E-state index is 13.1. The summed E-state index contributed by atoms with van der Waals surface area (Å²) in [7, 11) is 1.51. The Morgan fingerprint density at radius 2 is 1.79 bits per heavy atom. The van der Waals surface area contributed by atoms with Gasteiger partial charge in [-0.3, -0.25) is 4.79 Å². The number of nitrogens with one attached hydrogen (secondary N) is 1. The molecule has 0 bridgehead atoms. The lowest BCUT2D eigenvalue weighted by atomic mass is 10.1. The van der Waals surface area contributed by atoms with Gasteiger partial charge in [-0.1, -0.05) is 42.5 Å². The van der Waals surface area contributed by atoms with E-state index < -0.39 is 0 Å². The highest BCUT2D eigenvalue weighted by Gasteiger charge is 2.14. The fourth-order valence-electron chi connectivity index (χ4n) is 3.19. The molecule has 0 saturated heterocycles. The number of aromatic nitrogens is 2. The zero-order chi connectivity index (χ0) is 23.0. The van der Waals surface area contributed by atoms with E-state index in [0.29, 0.717) is 41.0 Å². The summed E-state index contributed by atoms with van der Waals surface area (Å²) in [6.07, 6.45) is 1.22. The molecule has 4 aromatic rings. The van der Waals surface area contributed by atoms with E-state index in [9.17, 15) is 9.18 Å². The lowest BCUT2D eigenvalue weighted by molar-refractivity contribution is 0.0953. The lowest BCUT2D eigenvalue weighted by Crippen LogP contribution is -2.25. The van der Waals surface area contributed by atoms with Crippen molar-refractivity contribution in [2.75, 3.05) is 13.7 Å². The molecule has 0 aliphatic heterocycles. The van der Waals surface area contributed by atoms with Crippen LogP contribution in [0.2, 0.25) is 0 Å². The molecule has 0 spiro atoms. The third kappa shape index (κ3) is 6.14. The third-order valence-corrected chi connectivity index (χ3v) is 5.52. The average molecular weight is 464 g/mol. The fraction of sp³-hybridized carbons (Fsp3) is 0.160. The van der Waals surface area contributed by atoms with Gasteiger partial charge in [-0.2, -0.15) is 9.36 Å². The summed E-state index contributed by atoms with van der Waals surface area (Å²) < 4.78 is 28.6. The van der Waals surface area contributed by atoms with Crippen LogP contribution in [0.1, 0.15) is 27.3 Å². The first-order valence-corrected chi connectivity index (χ1v) is 11.1. The number of carbonyl (C=O) groups excluding carboxylic acids is 1. The zero-order valence-electron chi connectivity index (χ0n) is 18.0. The number of carbonyl (C=O) groups is 1. The molecule has 33 heavy (non-hydrogen) atoms. The highest BCUT2D eigenvalue weighted by molar-refractivity contribution is 7.07. The number of ether oxygens (including phenoxy) is 2. The van der Waals surface area contributed by atoms with Gasteiger partial charge >= 0.3 is 0 Å². The van der Waals surface area contributed by atoms with E-state index >= 15 is 0 Å². The topological polar surface area (TPSA) is 73.3 Å². The average Bonchev–Trinajstić information content (AvgIpc) is 3.28. The molecule has 4 rings (SSSR count). The summed E-state index contributed by atoms with van der Waals surface area (Å²) in [5.74, 6) is 0.960. The second-order valence-electron chi connectivity index (χ2n) is 7.24. The van der Waals surface area contributed by atoms with Gasteiger partial charge in [0.2, 0.25) is 0 Å². The summed E-state index contributed by atoms with van der Waals surface area (Å²) in [6.45, 7) is 0.533. The number of benzene rings is 3. The first kappa shape index (κ1) is 22.4. The Labute approximate surface area is 195 Å². The van der Waals surface area contributed by atoms with E-state index in [1.54, 1.807) is 30.3 Å². The summed E-state index contributed by atoms with van der Waals surface area (Å²) in [5.41, 5.74) is 2.54. The van der Waals surface area contributed by atoms with Crippen LogP contribution in [0, 0.1) is 5.82 Å². The number of nitrogens with zero attached hydrogens (tertiary/aromatic N) is 2. The minimum absolute atomic E-state index is 0.187. The summed E-state index contributed by atoms with van der Waals surface area (Å²) in [4.78, 5) is 16.9. The smallest absolute Gasteiger partial charge is 0.298 e. The highest BCUT2D eigenvalue weighted by atomic mass is 32.1. The molecule has 0 saturated carbocycles. The second kappa shape index (κ2) is 10.7. The lowest BCUT2D eigenvalue weighted by Gasteiger charge is -2.10. The Morgan fingerprint density at radius 1 is 1.00 bits per heavy atom. The first-order chi connectivity index (χ1) is 16.1. The monoisotopic (exact) mass is 463 g/mol. The van der Waals surface area contributed by atoms with Crippen LogP contribution in [-0.4, -0.2) is 28.9 Å². The molecule has 1 N–H and O–H groups in total. The van der Waals surface area contributed by atoms with Gasteiger partial charge in [0.15, 0.2) is 17.3 Å². The molecule has 1 amide bonds. The van der Waals surface area contributed by atoms with E-state index in [4.69, 9.17) is 9.47 Å². The van der Waals surface area contributed by atoms with Crippen molar-refractivity contribution in [2.24, 2.45) is 0 Å². The SMILES string of the molecule is COc1cc(C(=O)NCCc2ccccc2)ccc1Oc1nc(Cc2ccc(F)cc2)ns1. The maximum Gasteiger partial charge on any atom is 0.298 e. The predicted molar refractivity (Wildman–Crippen MR) is 125 cm³/mol. The van der Waals surface area contributed by atoms with Crippen molar-refractivity contribution in [1.29, 1.82) is 0 Å². The number of halogens is 1. The Balaban J connectivity index is 1.37. The molecule has 168 valence electrons. The largest absolute Gasteiger partial charge is 0.493 e. The number of amides is 1. The van der Waals surface area contributed by atoms with Gasteiger partial charge in [0, 0.05) is 30.1 Å². The maximum atomic E-state index is 13.1. The molecule has 0 aliphatic rings. The first-order valence-electron chi connectivity index (χ1n) is 10.4. The van der Waals surface area contributed by atoms with Crippen LogP contribution < -0.4 is 14.8 Å². The highest BCUT2D eigenvalue weighted by Crippen LogP contribution is 2.33. The molecular weight excluding hydrogens is 441 g/mol. The normalized spacial score (nSPS) is 10.6. The minimum Gasteiger partial charge on any atom is -0.493 e. The molecule has 3 aromatic carbocycles. The van der Waals surface area contributed by atoms with Gasteiger partial charge in [0.1, 0.15) is 5.82 Å². The zero-order valence-corrected chi connectivity index (χ0v) is 18.8. The number of rotatable bonds is 9. The van der Waals surface area contributed by atoms with Gasteiger partial charge in [0.25, 0.3) is 11.1 Å². The van der Waals surface area contributed by atoms with Crippen molar-refractivity contribution in [3.05, 3.63) is 101 Å². The Hall–Kier alpha value is -3.78. The molecular formula is C25H22FN3O3S. The molecule has 0 aliphatic carbocycles. The van der Waals surface area contributed by atoms with Crippen molar-refractivity contribution < 1.29 is 18.7 Å². The van der Waals surface area contributed by atoms with Crippen LogP contribution in [0.3, 0.4) is 0 Å². The van der Waals surface area contributed by atoms with Crippen LogP contribution in [-0.2, 0) is 12.8 Å². The predicted octanol–water partition coefficient (Wildman–Crippen LogP) is 5.04. The van der Waals surface area contributed by atoms with Gasteiger partial charge in [-0.05, 0) is 47.9 Å². The Morgan fingerprint density at radius 3 is 2.55 bits per heavy atom. The van der Waals surface area contributed by atoms with Crippen molar-refractivity contribution >= 4 is 17.4 Å². The van der Waals surface area contributed by atoms with E-state index in [1.807, 2.05) is 30.3 Å². The summed E-state index contributed by atoms with van der Waals surface area (Å²) in [6, 6.07) is 21.2. The van der Waals surface area contributed by atoms with Crippen molar-refractivity contribution in [2.45, 2.75) is 12.8 Å². The van der Waals surface area contributed by atoms with Gasteiger partial charge in [-0.15, -0.1) is 0 Å². The standard InChI is InChI=1S/C25H22FN3O3S/c1-31-22-16-19(24(30)27-14-13-17-5-3-2-4-6-17)9-12-21(22)32-25-28-23(29-33-25)15-18-7-10-20(26)11-8-18/h2-12,16H,13-15H2,1H3,(H,27,30). The third-order valence-electron chi connectivity index (χ3n) is 4.89. The molecule has 0 unspecified atom stereocenters. The van der Waals surface area contributed by atoms with Crippen LogP contribution in [0.15, 0.2) is 72.8 Å². The van der Waals surface area contributed by atoms with E-state index in [0.717, 1.165) is 29.1 Å². The molecule has 1 heterocycles. The molecule has 6 nitrogen and oxygen atoms in total. The van der Waals surface area contributed by atoms with Crippen molar-refractivity contribution in [1.82, 2.24) is 14.7 Å². The number of hydrogen-bond donors (Lipinski definition) is 1. The molecule has 0 fully saturated rings. The molecule has 1 aromatic heterocycles. The van der Waals surface area contributed by atoms with Crippen molar-refractivity contribution in [3.63, 3.8) is 0 Å². The van der Waals surface area contributed by atoms with Crippen LogP contribution in [0.5, 0.6) is 16.7 Å². The minimum atomic E-state index is -0.283. The van der Waals surface area contributed by atoms with E-state index in [1.165, 1.54) is 19.2 Å². The molecule has 8 heteroatoms. The second-order valence-corrected chi connectivity index (χ2v) is 7.95. The van der Waals surface area contributed by atoms with E-state index in [-0.39, 0.29) is 11.7 Å². The Bertz CT molecular complexity index is 1210. The van der Waals surface area contributed by atoms with Crippen LogP contribution in [0.4, 0.5) is 4.39 Å². The number of hydrogen-bond acceptors (Lipinski definition) is 6. The van der Waals surface area contributed by atoms with Crippen LogP contribution in [0.25, 0.3) is 0 Å². The Kier molecular flexibility index (Phi) is 7.26. The summed E-state index contributed by atoms with van der Waals surface area (Å²) in [5, 5.41) is 3.27.